The molecule has 0 bridgehead atoms. The molecule has 0 amide bonds. The minimum atomic E-state index is -1.07. The van der Waals surface area contributed by atoms with Gasteiger partial charge in [0.15, 0.2) is 0 Å². The number of carbonyl (C=O) groups is 1. The number of benzene rings is 1. The van der Waals surface area contributed by atoms with Gasteiger partial charge in [0.1, 0.15) is 17.1 Å². The maximum atomic E-state index is 12.6. The molecule has 76 valence electrons. The lowest BCUT2D eigenvalue weighted by Crippen LogP contribution is -1.95. The highest BCUT2D eigenvalue weighted by atomic mass is 19.1. The van der Waals surface area contributed by atoms with E-state index in [1.165, 1.54) is 36.6 Å². The van der Waals surface area contributed by atoms with E-state index in [-0.39, 0.29) is 17.1 Å². The molecule has 15 heavy (non-hydrogen) atoms. The van der Waals surface area contributed by atoms with Gasteiger partial charge in [-0.15, -0.1) is 0 Å². The number of hydrogen-bond donors (Lipinski definition) is 1. The van der Waals surface area contributed by atoms with Crippen molar-refractivity contribution < 1.29 is 18.7 Å². The average molecular weight is 206 g/mol. The average Bonchev–Trinajstić information content (AvgIpc) is 2.67. The number of furan rings is 1. The van der Waals surface area contributed by atoms with Crippen LogP contribution in [0.2, 0.25) is 0 Å². The van der Waals surface area contributed by atoms with Gasteiger partial charge in [0.25, 0.3) is 0 Å². The second-order valence-corrected chi connectivity index (χ2v) is 2.98. The molecule has 0 radical (unpaired) electrons. The number of hydrogen-bond acceptors (Lipinski definition) is 2. The van der Waals surface area contributed by atoms with Gasteiger partial charge in [0, 0.05) is 5.56 Å². The Labute approximate surface area is 84.8 Å². The van der Waals surface area contributed by atoms with Gasteiger partial charge < -0.3 is 9.52 Å². The van der Waals surface area contributed by atoms with E-state index >= 15 is 0 Å². The summed E-state index contributed by atoms with van der Waals surface area (Å²) in [6, 6.07) is 6.81. The van der Waals surface area contributed by atoms with Gasteiger partial charge in [-0.05, 0) is 30.3 Å². The van der Waals surface area contributed by atoms with E-state index in [4.69, 9.17) is 9.52 Å². The maximum Gasteiger partial charge on any atom is 0.339 e. The van der Waals surface area contributed by atoms with Gasteiger partial charge in [-0.25, -0.2) is 9.18 Å². The number of rotatable bonds is 2. The Balaban J connectivity index is 2.49. The first-order valence-electron chi connectivity index (χ1n) is 4.25. The molecule has 0 unspecified atom stereocenters. The Morgan fingerprint density at radius 3 is 2.47 bits per heavy atom. The van der Waals surface area contributed by atoms with Crippen molar-refractivity contribution in [3.63, 3.8) is 0 Å². The van der Waals surface area contributed by atoms with E-state index < -0.39 is 5.97 Å². The molecular formula is C11H7FO3. The Morgan fingerprint density at radius 2 is 1.87 bits per heavy atom. The Hall–Kier alpha value is -2.10. The van der Waals surface area contributed by atoms with E-state index in [1.54, 1.807) is 0 Å². The highest BCUT2D eigenvalue weighted by molar-refractivity contribution is 5.94. The molecular weight excluding hydrogens is 199 g/mol. The van der Waals surface area contributed by atoms with Crippen LogP contribution in [0.3, 0.4) is 0 Å². The van der Waals surface area contributed by atoms with Crippen LogP contribution in [0.1, 0.15) is 10.4 Å². The molecule has 0 saturated carbocycles. The summed E-state index contributed by atoms with van der Waals surface area (Å²) in [6.45, 7) is 0. The quantitative estimate of drug-likeness (QED) is 0.821. The van der Waals surface area contributed by atoms with Crippen LogP contribution in [0.25, 0.3) is 11.3 Å². The summed E-state index contributed by atoms with van der Waals surface area (Å²) < 4.78 is 17.7. The first-order valence-corrected chi connectivity index (χ1v) is 4.25. The fourth-order valence-corrected chi connectivity index (χ4v) is 1.30. The molecule has 4 heteroatoms. The third-order valence-corrected chi connectivity index (χ3v) is 2.00. The lowest BCUT2D eigenvalue weighted by Gasteiger charge is -1.98. The molecule has 0 atom stereocenters. The largest absolute Gasteiger partial charge is 0.478 e. The summed E-state index contributed by atoms with van der Waals surface area (Å²) in [4.78, 5) is 10.8. The lowest BCUT2D eigenvalue weighted by molar-refractivity contribution is 0.0697. The van der Waals surface area contributed by atoms with Crippen LogP contribution in [0, 0.1) is 5.82 Å². The minimum Gasteiger partial charge on any atom is -0.478 e. The predicted octanol–water partition coefficient (Wildman–Crippen LogP) is 2.78. The van der Waals surface area contributed by atoms with Gasteiger partial charge >= 0.3 is 5.97 Å². The smallest absolute Gasteiger partial charge is 0.339 e. The third kappa shape index (κ3) is 1.74. The van der Waals surface area contributed by atoms with E-state index in [9.17, 15) is 9.18 Å². The van der Waals surface area contributed by atoms with Crippen molar-refractivity contribution in [1.82, 2.24) is 0 Å². The van der Waals surface area contributed by atoms with E-state index in [0.717, 1.165) is 0 Å². The fraction of sp³-hybridized carbons (Fsp3) is 0. The molecule has 3 nitrogen and oxygen atoms in total. The normalized spacial score (nSPS) is 10.2. The molecule has 1 aromatic carbocycles. The summed E-state index contributed by atoms with van der Waals surface area (Å²) >= 11 is 0. The minimum absolute atomic E-state index is 0.0709. The summed E-state index contributed by atoms with van der Waals surface area (Å²) in [7, 11) is 0. The van der Waals surface area contributed by atoms with Crippen molar-refractivity contribution in [1.29, 1.82) is 0 Å². The van der Waals surface area contributed by atoms with Crippen LogP contribution in [0.4, 0.5) is 4.39 Å². The van der Waals surface area contributed by atoms with Gasteiger partial charge in [-0.3, -0.25) is 0 Å². The second-order valence-electron chi connectivity index (χ2n) is 2.98. The number of halogens is 1. The zero-order valence-electron chi connectivity index (χ0n) is 7.61. The van der Waals surface area contributed by atoms with Gasteiger partial charge in [0.2, 0.25) is 0 Å². The first-order chi connectivity index (χ1) is 7.18. The molecule has 0 aliphatic rings. The maximum absolute atomic E-state index is 12.6. The van der Waals surface area contributed by atoms with Gasteiger partial charge in [-0.2, -0.15) is 0 Å². The van der Waals surface area contributed by atoms with Crippen molar-refractivity contribution in [2.24, 2.45) is 0 Å². The Kier molecular flexibility index (Phi) is 2.25. The topological polar surface area (TPSA) is 50.4 Å². The van der Waals surface area contributed by atoms with E-state index in [0.29, 0.717) is 5.56 Å². The Bertz CT molecular complexity index is 485. The Morgan fingerprint density at radius 1 is 1.20 bits per heavy atom. The van der Waals surface area contributed by atoms with Crippen molar-refractivity contribution in [3.8, 4) is 11.3 Å². The van der Waals surface area contributed by atoms with Crippen LogP contribution in [-0.4, -0.2) is 11.1 Å². The zero-order chi connectivity index (χ0) is 10.8. The predicted molar refractivity (Wildman–Crippen MR) is 51.1 cm³/mol. The van der Waals surface area contributed by atoms with Crippen LogP contribution >= 0.6 is 0 Å². The summed E-state index contributed by atoms with van der Waals surface area (Å²) in [6.07, 6.45) is 1.29. The second kappa shape index (κ2) is 3.57. The van der Waals surface area contributed by atoms with Crippen LogP contribution in [0.15, 0.2) is 41.0 Å². The third-order valence-electron chi connectivity index (χ3n) is 2.00. The molecule has 1 N–H and O–H groups in total. The summed E-state index contributed by atoms with van der Waals surface area (Å²) in [5.41, 5.74) is 0.611. The number of aromatic carboxylic acids is 1. The van der Waals surface area contributed by atoms with Crippen LogP contribution < -0.4 is 0 Å². The monoisotopic (exact) mass is 206 g/mol. The van der Waals surface area contributed by atoms with Crippen molar-refractivity contribution >= 4 is 5.97 Å². The molecule has 1 heterocycles. The first kappa shape index (κ1) is 9.45. The number of carboxylic acids is 1. The lowest BCUT2D eigenvalue weighted by atomic mass is 10.1. The number of carboxylic acid groups (broad SMARTS) is 1. The summed E-state index contributed by atoms with van der Waals surface area (Å²) in [5, 5.41) is 8.84. The molecule has 0 aliphatic heterocycles. The standard InChI is InChI=1S/C11H7FO3/c12-8-3-1-7(2-4-8)10-9(11(13)14)5-6-15-10/h1-6H,(H,13,14). The molecule has 2 rings (SSSR count). The van der Waals surface area contributed by atoms with Crippen molar-refractivity contribution in [2.45, 2.75) is 0 Å². The van der Waals surface area contributed by atoms with Gasteiger partial charge in [-0.1, -0.05) is 0 Å². The fourth-order valence-electron chi connectivity index (χ4n) is 1.30. The molecule has 0 aliphatic carbocycles. The highest BCUT2D eigenvalue weighted by Gasteiger charge is 2.14. The molecule has 1 aromatic heterocycles. The van der Waals surface area contributed by atoms with Crippen molar-refractivity contribution in [3.05, 3.63) is 48.0 Å². The molecule has 2 aromatic rings. The zero-order valence-corrected chi connectivity index (χ0v) is 7.61. The highest BCUT2D eigenvalue weighted by Crippen LogP contribution is 2.24. The van der Waals surface area contributed by atoms with Crippen LogP contribution in [-0.2, 0) is 0 Å². The molecule has 0 fully saturated rings. The van der Waals surface area contributed by atoms with E-state index in [1.807, 2.05) is 0 Å². The van der Waals surface area contributed by atoms with E-state index in [2.05, 4.69) is 0 Å². The van der Waals surface area contributed by atoms with Crippen LogP contribution in [0.5, 0.6) is 0 Å². The molecule has 0 spiro atoms. The summed E-state index contributed by atoms with van der Waals surface area (Å²) in [5.74, 6) is -1.20. The molecule has 0 saturated heterocycles. The SMILES string of the molecule is O=C(O)c1ccoc1-c1ccc(F)cc1. The van der Waals surface area contributed by atoms with Gasteiger partial charge in [0.05, 0.1) is 6.26 Å². The van der Waals surface area contributed by atoms with Crippen molar-refractivity contribution in [2.75, 3.05) is 0 Å².